The van der Waals surface area contributed by atoms with Crippen LogP contribution in [-0.4, -0.2) is 61.3 Å². The lowest BCUT2D eigenvalue weighted by Gasteiger charge is -2.37. The molecule has 0 unspecified atom stereocenters. The quantitative estimate of drug-likeness (QED) is 0.337. The number of carbonyl (C=O) groups is 1. The normalized spacial score (nSPS) is 18.0. The second-order valence-corrected chi connectivity index (χ2v) is 10.3. The van der Waals surface area contributed by atoms with Crippen molar-refractivity contribution < 1.29 is 13.9 Å². The number of aromatic nitrogens is 2. The maximum Gasteiger partial charge on any atom is 0.287 e. The molecule has 8 nitrogen and oxygen atoms in total. The molecule has 1 N–H and O–H groups in total. The van der Waals surface area contributed by atoms with Gasteiger partial charge in [-0.25, -0.2) is 9.97 Å². The van der Waals surface area contributed by atoms with E-state index in [0.717, 1.165) is 67.8 Å². The Morgan fingerprint density at radius 3 is 2.72 bits per heavy atom. The average molecular weight is 528 g/mol. The van der Waals surface area contributed by atoms with Gasteiger partial charge in [-0.3, -0.25) is 4.79 Å². The maximum atomic E-state index is 12.4. The molecule has 0 radical (unpaired) electrons. The Morgan fingerprint density at radius 1 is 1.14 bits per heavy atom. The fourth-order valence-electron chi connectivity index (χ4n) is 4.45. The number of aryl methyl sites for hydroxylation is 1. The number of piperazine rings is 1. The van der Waals surface area contributed by atoms with Crippen LogP contribution in [0.5, 0.6) is 0 Å². The molecule has 36 heavy (non-hydrogen) atoms. The van der Waals surface area contributed by atoms with E-state index in [-0.39, 0.29) is 12.0 Å². The van der Waals surface area contributed by atoms with Crippen LogP contribution >= 0.6 is 23.4 Å². The summed E-state index contributed by atoms with van der Waals surface area (Å²) in [4.78, 5) is 26.4. The molecule has 1 aromatic carbocycles. The fourth-order valence-corrected chi connectivity index (χ4v) is 5.50. The van der Waals surface area contributed by atoms with Gasteiger partial charge in [0, 0.05) is 51.1 Å². The lowest BCUT2D eigenvalue weighted by molar-refractivity contribution is 0.0834. The lowest BCUT2D eigenvalue weighted by atomic mass is 10.2. The minimum atomic E-state index is -0.216. The molecule has 0 saturated carbocycles. The van der Waals surface area contributed by atoms with Crippen molar-refractivity contribution in [3.05, 3.63) is 64.7 Å². The van der Waals surface area contributed by atoms with Crippen LogP contribution in [0.3, 0.4) is 0 Å². The highest BCUT2D eigenvalue weighted by Gasteiger charge is 2.21. The Bertz CT molecular complexity index is 1190. The maximum absolute atomic E-state index is 12.4. The number of furan rings is 1. The number of nitrogens with zero attached hydrogens (tertiary/aromatic N) is 4. The van der Waals surface area contributed by atoms with Crippen LogP contribution in [0, 0.1) is 6.92 Å². The van der Waals surface area contributed by atoms with Crippen LogP contribution in [0.4, 0.5) is 11.5 Å². The van der Waals surface area contributed by atoms with Crippen molar-refractivity contribution in [2.75, 3.05) is 49.1 Å². The molecule has 2 aromatic heterocycles. The smallest absolute Gasteiger partial charge is 0.287 e. The predicted octanol–water partition coefficient (Wildman–Crippen LogP) is 4.56. The molecule has 1 atom stereocenters. The van der Waals surface area contributed by atoms with Crippen LogP contribution in [0.2, 0.25) is 5.02 Å². The zero-order valence-corrected chi connectivity index (χ0v) is 21.9. The van der Waals surface area contributed by atoms with Crippen molar-refractivity contribution in [1.82, 2.24) is 15.3 Å². The van der Waals surface area contributed by atoms with Crippen molar-refractivity contribution >= 4 is 40.8 Å². The number of benzene rings is 1. The van der Waals surface area contributed by atoms with Crippen LogP contribution in [0.1, 0.15) is 34.9 Å². The van der Waals surface area contributed by atoms with Crippen molar-refractivity contribution in [3.63, 3.8) is 0 Å². The van der Waals surface area contributed by atoms with Gasteiger partial charge in [0.2, 0.25) is 0 Å². The minimum absolute atomic E-state index is 0.103. The monoisotopic (exact) mass is 527 g/mol. The molecule has 10 heteroatoms. The first-order valence-electron chi connectivity index (χ1n) is 12.3. The predicted molar refractivity (Wildman–Crippen MR) is 142 cm³/mol. The summed E-state index contributed by atoms with van der Waals surface area (Å²) in [5.41, 5.74) is 2.00. The number of nitrogens with one attached hydrogen (secondary N) is 1. The van der Waals surface area contributed by atoms with E-state index in [9.17, 15) is 4.79 Å². The molecule has 2 saturated heterocycles. The number of hydrogen-bond acceptors (Lipinski definition) is 8. The Morgan fingerprint density at radius 2 is 1.94 bits per heavy atom. The molecule has 190 valence electrons. The minimum Gasteiger partial charge on any atom is -0.455 e. The number of amides is 1. The molecule has 2 fully saturated rings. The van der Waals surface area contributed by atoms with Gasteiger partial charge in [-0.2, -0.15) is 0 Å². The third-order valence-electron chi connectivity index (χ3n) is 6.36. The zero-order chi connectivity index (χ0) is 24.9. The van der Waals surface area contributed by atoms with E-state index in [4.69, 9.17) is 25.7 Å². The van der Waals surface area contributed by atoms with E-state index in [1.165, 1.54) is 11.8 Å². The molecular weight excluding hydrogens is 498 g/mol. The molecule has 0 spiro atoms. The number of para-hydroxylation sites is 1. The standard InChI is InChI=1S/C26H30ClN5O3S/c1-18-15-24(32-12-10-31(11-13-32)22-7-3-2-6-21(22)27)30-26(29-18)36-17-20-8-9-23(35-20)25(33)28-16-19-5-4-14-34-19/h2-3,6-9,15,19H,4-5,10-14,16-17H2,1H3,(H,28,33)/t19-/m1/s1. The number of anilines is 2. The van der Waals surface area contributed by atoms with Crippen molar-refractivity contribution in [1.29, 1.82) is 0 Å². The SMILES string of the molecule is Cc1cc(N2CCN(c3ccccc3Cl)CC2)nc(SCc2ccc(C(=O)NC[C@H]3CCCO3)o2)n1. The Balaban J connectivity index is 1.15. The number of rotatable bonds is 8. The third kappa shape index (κ3) is 6.14. The van der Waals surface area contributed by atoms with Gasteiger partial charge in [0.15, 0.2) is 10.9 Å². The average Bonchev–Trinajstić information content (AvgIpc) is 3.59. The summed E-state index contributed by atoms with van der Waals surface area (Å²) in [7, 11) is 0. The van der Waals surface area contributed by atoms with E-state index in [2.05, 4.69) is 26.2 Å². The summed E-state index contributed by atoms with van der Waals surface area (Å²) < 4.78 is 11.3. The Kier molecular flexibility index (Phi) is 7.99. The van der Waals surface area contributed by atoms with Gasteiger partial charge in [0.1, 0.15) is 11.6 Å². The second kappa shape index (κ2) is 11.5. The number of hydrogen-bond donors (Lipinski definition) is 1. The van der Waals surface area contributed by atoms with E-state index < -0.39 is 0 Å². The number of carbonyl (C=O) groups excluding carboxylic acids is 1. The molecule has 2 aliphatic rings. The van der Waals surface area contributed by atoms with Crippen LogP contribution in [0.25, 0.3) is 0 Å². The first-order valence-corrected chi connectivity index (χ1v) is 13.6. The van der Waals surface area contributed by atoms with Gasteiger partial charge < -0.3 is 24.3 Å². The highest BCUT2D eigenvalue weighted by atomic mass is 35.5. The van der Waals surface area contributed by atoms with Crippen molar-refractivity contribution in [2.24, 2.45) is 0 Å². The first-order chi connectivity index (χ1) is 17.5. The summed E-state index contributed by atoms with van der Waals surface area (Å²) >= 11 is 7.89. The second-order valence-electron chi connectivity index (χ2n) is 8.98. The van der Waals surface area contributed by atoms with Gasteiger partial charge >= 0.3 is 0 Å². The van der Waals surface area contributed by atoms with Gasteiger partial charge in [-0.05, 0) is 44.0 Å². The van der Waals surface area contributed by atoms with Crippen molar-refractivity contribution in [3.8, 4) is 0 Å². The summed E-state index contributed by atoms with van der Waals surface area (Å²) in [6.45, 7) is 6.72. The van der Waals surface area contributed by atoms with E-state index in [0.29, 0.717) is 29.0 Å². The third-order valence-corrected chi connectivity index (χ3v) is 7.55. The van der Waals surface area contributed by atoms with E-state index in [1.807, 2.05) is 37.3 Å². The fraction of sp³-hybridized carbons (Fsp3) is 0.423. The molecule has 4 heterocycles. The summed E-state index contributed by atoms with van der Waals surface area (Å²) in [6, 6.07) is 13.5. The Labute approximate surface area is 220 Å². The van der Waals surface area contributed by atoms with Crippen LogP contribution in [0.15, 0.2) is 52.0 Å². The molecule has 5 rings (SSSR count). The van der Waals surface area contributed by atoms with Crippen LogP contribution in [-0.2, 0) is 10.5 Å². The largest absolute Gasteiger partial charge is 0.455 e. The summed E-state index contributed by atoms with van der Waals surface area (Å²) in [6.07, 6.45) is 2.13. The highest BCUT2D eigenvalue weighted by Crippen LogP contribution is 2.28. The molecule has 2 aliphatic heterocycles. The van der Waals surface area contributed by atoms with E-state index in [1.54, 1.807) is 6.07 Å². The Hall–Kier alpha value is -2.75. The van der Waals surface area contributed by atoms with Gasteiger partial charge in [0.05, 0.1) is 22.6 Å². The van der Waals surface area contributed by atoms with Gasteiger partial charge in [0.25, 0.3) is 5.91 Å². The van der Waals surface area contributed by atoms with Gasteiger partial charge in [-0.1, -0.05) is 35.5 Å². The number of halogens is 1. The van der Waals surface area contributed by atoms with Crippen LogP contribution < -0.4 is 15.1 Å². The van der Waals surface area contributed by atoms with Crippen molar-refractivity contribution in [2.45, 2.75) is 36.8 Å². The van der Waals surface area contributed by atoms with Gasteiger partial charge in [-0.15, -0.1) is 0 Å². The zero-order valence-electron chi connectivity index (χ0n) is 20.3. The van der Waals surface area contributed by atoms with E-state index >= 15 is 0 Å². The first kappa shape index (κ1) is 24.9. The summed E-state index contributed by atoms with van der Waals surface area (Å²) in [5, 5.41) is 4.37. The molecule has 1 amide bonds. The molecule has 0 bridgehead atoms. The lowest BCUT2D eigenvalue weighted by Crippen LogP contribution is -2.47. The molecular formula is C26H30ClN5O3S. The molecule has 0 aliphatic carbocycles. The topological polar surface area (TPSA) is 83.7 Å². The number of ether oxygens (including phenoxy) is 1. The highest BCUT2D eigenvalue weighted by molar-refractivity contribution is 7.98. The number of thioether (sulfide) groups is 1. The molecule has 3 aromatic rings. The summed E-state index contributed by atoms with van der Waals surface area (Å²) in [5.74, 6) is 2.28.